The molecule has 1 aliphatic rings. The minimum Gasteiger partial charge on any atom is -0.461 e. The number of hydrazone groups is 1. The van der Waals surface area contributed by atoms with Gasteiger partial charge in [0.25, 0.3) is 0 Å². The number of ether oxygens (including phenoxy) is 1. The smallest absolute Gasteiger partial charge is 0.355 e. The van der Waals surface area contributed by atoms with Crippen molar-refractivity contribution in [2.75, 3.05) is 12.4 Å². The maximum Gasteiger partial charge on any atom is 0.355 e. The third-order valence-corrected chi connectivity index (χ3v) is 1.60. The maximum atomic E-state index is 10.8. The summed E-state index contributed by atoms with van der Waals surface area (Å²) in [4.78, 5) is 13.5. The Balaban J connectivity index is 2.40. The van der Waals surface area contributed by atoms with E-state index in [0.29, 0.717) is 18.1 Å². The van der Waals surface area contributed by atoms with Gasteiger partial charge in [0.05, 0.1) is 12.4 Å². The zero-order valence-corrected chi connectivity index (χ0v) is 6.40. The largest absolute Gasteiger partial charge is 0.461 e. The van der Waals surface area contributed by atoms with Crippen molar-refractivity contribution in [2.24, 2.45) is 5.10 Å². The van der Waals surface area contributed by atoms with Crippen molar-refractivity contribution < 1.29 is 9.53 Å². The molecule has 0 saturated heterocycles. The Labute approximate surface area is 63.1 Å². The molecule has 0 bridgehead atoms. The van der Waals surface area contributed by atoms with E-state index in [1.807, 2.05) is 0 Å². The summed E-state index contributed by atoms with van der Waals surface area (Å²) >= 11 is 1.38. The molecule has 10 heavy (non-hydrogen) atoms. The number of carbonyl (C=O) groups excluding carboxylic acids is 1. The molecule has 0 saturated carbocycles. The van der Waals surface area contributed by atoms with Crippen molar-refractivity contribution in [1.82, 2.24) is 4.83 Å². The molecule has 0 aromatic rings. The van der Waals surface area contributed by atoms with Gasteiger partial charge in [-0.2, -0.15) is 5.10 Å². The monoisotopic (exact) mass is 160 g/mol. The molecule has 0 aliphatic carbocycles. The summed E-state index contributed by atoms with van der Waals surface area (Å²) in [5, 5.41) is 3.71. The van der Waals surface area contributed by atoms with Gasteiger partial charge in [0.2, 0.25) is 0 Å². The van der Waals surface area contributed by atoms with Gasteiger partial charge in [0.15, 0.2) is 5.71 Å². The lowest BCUT2D eigenvalue weighted by atomic mass is 10.4. The van der Waals surface area contributed by atoms with Crippen LogP contribution in [0.4, 0.5) is 0 Å². The Morgan fingerprint density at radius 3 is 3.30 bits per heavy atom. The second-order valence-electron chi connectivity index (χ2n) is 1.66. The highest BCUT2D eigenvalue weighted by Crippen LogP contribution is 2.03. The molecule has 0 radical (unpaired) electrons. The molecule has 1 N–H and O–H groups in total. The summed E-state index contributed by atoms with van der Waals surface area (Å²) in [5.74, 6) is 0.277. The molecular formula is C5H8N2O2S. The van der Waals surface area contributed by atoms with Crippen LogP contribution in [-0.2, 0) is 9.53 Å². The molecule has 0 aromatic heterocycles. The van der Waals surface area contributed by atoms with Gasteiger partial charge >= 0.3 is 5.97 Å². The molecule has 1 aliphatic heterocycles. The predicted molar refractivity (Wildman–Crippen MR) is 39.7 cm³/mol. The topological polar surface area (TPSA) is 50.7 Å². The summed E-state index contributed by atoms with van der Waals surface area (Å²) in [6.45, 7) is 2.18. The number of hydrogen-bond donors (Lipinski definition) is 1. The van der Waals surface area contributed by atoms with E-state index in [-0.39, 0.29) is 5.97 Å². The number of rotatable bonds is 2. The van der Waals surface area contributed by atoms with Crippen LogP contribution in [0.1, 0.15) is 6.92 Å². The van der Waals surface area contributed by atoms with Crippen LogP contribution in [0, 0.1) is 0 Å². The summed E-state index contributed by atoms with van der Waals surface area (Å²) in [5.41, 5.74) is 0.465. The van der Waals surface area contributed by atoms with Crippen molar-refractivity contribution in [2.45, 2.75) is 6.92 Å². The highest BCUT2D eigenvalue weighted by atomic mass is 32.2. The van der Waals surface area contributed by atoms with E-state index in [1.54, 1.807) is 6.92 Å². The molecule has 0 aromatic carbocycles. The Morgan fingerprint density at radius 2 is 2.80 bits per heavy atom. The molecular weight excluding hydrogens is 152 g/mol. The minimum absolute atomic E-state index is 0.319. The second kappa shape index (κ2) is 3.46. The average Bonchev–Trinajstić information content (AvgIpc) is 2.38. The molecule has 1 heterocycles. The SMILES string of the molecule is CCOC(=O)C1=NNSC1. The Hall–Kier alpha value is -0.710. The number of hydrogen-bond acceptors (Lipinski definition) is 5. The van der Waals surface area contributed by atoms with E-state index in [9.17, 15) is 4.79 Å². The van der Waals surface area contributed by atoms with Crippen LogP contribution < -0.4 is 4.83 Å². The number of esters is 1. The lowest BCUT2D eigenvalue weighted by Crippen LogP contribution is -2.17. The van der Waals surface area contributed by atoms with Gasteiger partial charge < -0.3 is 4.74 Å². The molecule has 5 heteroatoms. The highest BCUT2D eigenvalue weighted by molar-refractivity contribution is 7.98. The fourth-order valence-electron chi connectivity index (χ4n) is 0.539. The molecule has 0 amide bonds. The zero-order valence-electron chi connectivity index (χ0n) is 5.59. The van der Waals surface area contributed by atoms with Crippen molar-refractivity contribution in [3.8, 4) is 0 Å². The number of nitrogens with one attached hydrogen (secondary N) is 1. The Bertz CT molecular complexity index is 169. The van der Waals surface area contributed by atoms with Gasteiger partial charge in [0.1, 0.15) is 0 Å². The van der Waals surface area contributed by atoms with E-state index >= 15 is 0 Å². The summed E-state index contributed by atoms with van der Waals surface area (Å²) in [7, 11) is 0. The molecule has 56 valence electrons. The lowest BCUT2D eigenvalue weighted by molar-refractivity contribution is -0.135. The average molecular weight is 160 g/mol. The zero-order chi connectivity index (χ0) is 7.40. The second-order valence-corrected chi connectivity index (χ2v) is 2.42. The minimum atomic E-state index is -0.319. The quantitative estimate of drug-likeness (QED) is 0.461. The van der Waals surface area contributed by atoms with Gasteiger partial charge in [-0.05, 0) is 18.9 Å². The van der Waals surface area contributed by atoms with Crippen LogP contribution in [0.5, 0.6) is 0 Å². The number of nitrogens with zero attached hydrogens (tertiary/aromatic N) is 1. The van der Waals surface area contributed by atoms with Gasteiger partial charge in [-0.3, -0.25) is 4.83 Å². The van der Waals surface area contributed by atoms with E-state index in [2.05, 4.69) is 9.93 Å². The van der Waals surface area contributed by atoms with Gasteiger partial charge in [0, 0.05) is 0 Å². The van der Waals surface area contributed by atoms with Crippen LogP contribution in [-0.4, -0.2) is 24.0 Å². The first-order valence-electron chi connectivity index (χ1n) is 2.95. The van der Waals surface area contributed by atoms with E-state index in [1.165, 1.54) is 11.9 Å². The predicted octanol–water partition coefficient (Wildman–Crippen LogP) is 0.157. The van der Waals surface area contributed by atoms with Crippen LogP contribution in [0.25, 0.3) is 0 Å². The van der Waals surface area contributed by atoms with E-state index < -0.39 is 0 Å². The maximum absolute atomic E-state index is 10.8. The highest BCUT2D eigenvalue weighted by Gasteiger charge is 2.16. The van der Waals surface area contributed by atoms with Gasteiger partial charge in [-0.25, -0.2) is 4.79 Å². The van der Waals surface area contributed by atoms with Crippen LogP contribution in [0.15, 0.2) is 5.10 Å². The van der Waals surface area contributed by atoms with Gasteiger partial charge in [-0.15, -0.1) is 0 Å². The van der Waals surface area contributed by atoms with Crippen molar-refractivity contribution >= 4 is 23.6 Å². The first-order valence-corrected chi connectivity index (χ1v) is 3.93. The van der Waals surface area contributed by atoms with Crippen molar-refractivity contribution in [3.63, 3.8) is 0 Å². The molecule has 0 atom stereocenters. The summed E-state index contributed by atoms with van der Waals surface area (Å²) in [6.07, 6.45) is 0. The third kappa shape index (κ3) is 1.63. The first-order chi connectivity index (χ1) is 4.84. The molecule has 0 fully saturated rings. The van der Waals surface area contributed by atoms with Gasteiger partial charge in [-0.1, -0.05) is 0 Å². The van der Waals surface area contributed by atoms with Crippen LogP contribution in [0.3, 0.4) is 0 Å². The number of carbonyl (C=O) groups is 1. The Morgan fingerprint density at radius 1 is 2.00 bits per heavy atom. The fourth-order valence-corrected chi connectivity index (χ4v) is 1.10. The van der Waals surface area contributed by atoms with E-state index in [4.69, 9.17) is 4.74 Å². The summed E-state index contributed by atoms with van der Waals surface area (Å²) < 4.78 is 4.70. The molecule has 0 unspecified atom stereocenters. The van der Waals surface area contributed by atoms with E-state index in [0.717, 1.165) is 0 Å². The molecule has 4 nitrogen and oxygen atoms in total. The molecule has 0 spiro atoms. The van der Waals surface area contributed by atoms with Crippen LogP contribution in [0.2, 0.25) is 0 Å². The first kappa shape index (κ1) is 7.40. The van der Waals surface area contributed by atoms with Crippen LogP contribution >= 0.6 is 11.9 Å². The third-order valence-electron chi connectivity index (χ3n) is 0.965. The molecule has 1 rings (SSSR count). The normalized spacial score (nSPS) is 15.9. The van der Waals surface area contributed by atoms with Crippen molar-refractivity contribution in [1.29, 1.82) is 0 Å². The standard InChI is InChI=1S/C5H8N2O2S/c1-2-9-5(8)4-3-10-7-6-4/h7H,2-3H2,1H3. The lowest BCUT2D eigenvalue weighted by Gasteiger charge is -1.96. The fraction of sp³-hybridized carbons (Fsp3) is 0.600. The van der Waals surface area contributed by atoms with Crippen molar-refractivity contribution in [3.05, 3.63) is 0 Å². The summed E-state index contributed by atoms with van der Waals surface area (Å²) in [6, 6.07) is 0. The Kier molecular flexibility index (Phi) is 2.56.